The van der Waals surface area contributed by atoms with Gasteiger partial charge in [0.25, 0.3) is 0 Å². The lowest BCUT2D eigenvalue weighted by Crippen LogP contribution is -2.46. The number of benzene rings is 3. The second-order valence-corrected chi connectivity index (χ2v) is 12.9. The molecule has 246 valence electrons. The lowest BCUT2D eigenvalue weighted by Gasteiger charge is -2.37. The molecular formula is C38H45N5O4. The van der Waals surface area contributed by atoms with Crippen molar-refractivity contribution in [3.8, 4) is 17.2 Å². The standard InChI is InChI=1S/C38H45N5O4/c1-24(2)47-33-19-28(27-15-17-41(5)18-16-27)11-12-29(33)20-35-39-22-30-23-42(36-25(3)9-8-10-26(36)4)38(44)43(37(30)40-35)32-14-13-31(45-6)21-34(32)46-7/h8-14,19,21-22,24,27H,15-18,20,23H2,1-7H3. The Hall–Kier alpha value is -4.63. The quantitative estimate of drug-likeness (QED) is 0.188. The zero-order valence-electron chi connectivity index (χ0n) is 28.5. The summed E-state index contributed by atoms with van der Waals surface area (Å²) >= 11 is 0. The van der Waals surface area contributed by atoms with Gasteiger partial charge in [-0.3, -0.25) is 4.90 Å². The number of fused-ring (bicyclic) bond motifs is 1. The van der Waals surface area contributed by atoms with E-state index in [0.29, 0.717) is 47.7 Å². The topological polar surface area (TPSA) is 80.3 Å². The van der Waals surface area contributed by atoms with E-state index in [4.69, 9.17) is 24.2 Å². The summed E-state index contributed by atoms with van der Waals surface area (Å²) in [5, 5.41) is 0. The average molecular weight is 636 g/mol. The van der Waals surface area contributed by atoms with E-state index < -0.39 is 0 Å². The lowest BCUT2D eigenvalue weighted by atomic mass is 9.88. The molecule has 0 N–H and O–H groups in total. The van der Waals surface area contributed by atoms with E-state index in [1.165, 1.54) is 5.56 Å². The number of anilines is 3. The van der Waals surface area contributed by atoms with Crippen molar-refractivity contribution in [3.05, 3.63) is 94.4 Å². The van der Waals surface area contributed by atoms with E-state index in [1.807, 2.05) is 50.4 Å². The van der Waals surface area contributed by atoms with Gasteiger partial charge in [0, 0.05) is 29.8 Å². The molecule has 0 saturated carbocycles. The van der Waals surface area contributed by atoms with Crippen molar-refractivity contribution in [2.75, 3.05) is 44.2 Å². The van der Waals surface area contributed by atoms with Crippen LogP contribution in [-0.4, -0.2) is 61.4 Å². The molecule has 47 heavy (non-hydrogen) atoms. The van der Waals surface area contributed by atoms with E-state index in [-0.39, 0.29) is 12.1 Å². The summed E-state index contributed by atoms with van der Waals surface area (Å²) < 4.78 is 17.6. The number of carbonyl (C=O) groups excluding carboxylic acids is 1. The third kappa shape index (κ3) is 6.63. The number of hydrogen-bond acceptors (Lipinski definition) is 7. The van der Waals surface area contributed by atoms with Crippen molar-refractivity contribution in [1.82, 2.24) is 14.9 Å². The maximum atomic E-state index is 14.6. The third-order valence-corrected chi connectivity index (χ3v) is 9.18. The van der Waals surface area contributed by atoms with Crippen molar-refractivity contribution in [3.63, 3.8) is 0 Å². The molecule has 0 aliphatic carbocycles. The molecule has 0 atom stereocenters. The third-order valence-electron chi connectivity index (χ3n) is 9.18. The highest BCUT2D eigenvalue weighted by atomic mass is 16.5. The summed E-state index contributed by atoms with van der Waals surface area (Å²) in [6.07, 6.45) is 4.62. The highest BCUT2D eigenvalue weighted by Crippen LogP contribution is 2.42. The molecule has 6 rings (SSSR count). The molecule has 2 aliphatic rings. The summed E-state index contributed by atoms with van der Waals surface area (Å²) in [4.78, 5) is 30.3. The SMILES string of the molecule is COc1ccc(N2C(=O)N(c3c(C)cccc3C)Cc3cnc(Cc4ccc(C5CCN(C)CC5)cc4OC(C)C)nc32)c(OC)c1. The molecule has 1 aromatic heterocycles. The van der Waals surface area contributed by atoms with Gasteiger partial charge in [-0.25, -0.2) is 19.7 Å². The number of aromatic nitrogens is 2. The number of methoxy groups -OCH3 is 2. The fraction of sp³-hybridized carbons (Fsp3) is 0.395. The number of ether oxygens (including phenoxy) is 3. The van der Waals surface area contributed by atoms with Crippen LogP contribution in [0.2, 0.25) is 0 Å². The van der Waals surface area contributed by atoms with Gasteiger partial charge in [-0.2, -0.15) is 0 Å². The molecule has 1 saturated heterocycles. The van der Waals surface area contributed by atoms with Gasteiger partial charge in [0.15, 0.2) is 0 Å². The number of aryl methyl sites for hydroxylation is 2. The normalized spacial score (nSPS) is 15.6. The second kappa shape index (κ2) is 13.6. The maximum absolute atomic E-state index is 14.6. The minimum absolute atomic E-state index is 0.0254. The second-order valence-electron chi connectivity index (χ2n) is 12.9. The van der Waals surface area contributed by atoms with Crippen LogP contribution in [0.4, 0.5) is 22.0 Å². The molecule has 9 nitrogen and oxygen atoms in total. The predicted molar refractivity (Wildman–Crippen MR) is 186 cm³/mol. The van der Waals surface area contributed by atoms with Crippen LogP contribution in [0.25, 0.3) is 0 Å². The first kappa shape index (κ1) is 32.3. The highest BCUT2D eigenvalue weighted by Gasteiger charge is 2.37. The Kier molecular flexibility index (Phi) is 9.36. The minimum Gasteiger partial charge on any atom is -0.497 e. The predicted octanol–water partition coefficient (Wildman–Crippen LogP) is 7.58. The molecule has 3 heterocycles. The van der Waals surface area contributed by atoms with E-state index >= 15 is 0 Å². The average Bonchev–Trinajstić information content (AvgIpc) is 3.06. The summed E-state index contributed by atoms with van der Waals surface area (Å²) in [5.41, 5.74) is 6.66. The van der Waals surface area contributed by atoms with Crippen LogP contribution in [-0.2, 0) is 13.0 Å². The van der Waals surface area contributed by atoms with Crippen LogP contribution in [0.15, 0.2) is 60.8 Å². The largest absolute Gasteiger partial charge is 0.497 e. The first-order chi connectivity index (χ1) is 22.7. The Bertz CT molecular complexity index is 1750. The first-order valence-corrected chi connectivity index (χ1v) is 16.4. The van der Waals surface area contributed by atoms with Gasteiger partial charge in [0.1, 0.15) is 28.9 Å². The molecule has 3 aromatic carbocycles. The zero-order valence-corrected chi connectivity index (χ0v) is 28.5. The van der Waals surface area contributed by atoms with Crippen LogP contribution in [0, 0.1) is 13.8 Å². The summed E-state index contributed by atoms with van der Waals surface area (Å²) in [6, 6.07) is 17.9. The van der Waals surface area contributed by atoms with Crippen LogP contribution >= 0.6 is 0 Å². The van der Waals surface area contributed by atoms with E-state index in [2.05, 4.69) is 44.0 Å². The molecular weight excluding hydrogens is 590 g/mol. The number of urea groups is 1. The van der Waals surface area contributed by atoms with Gasteiger partial charge >= 0.3 is 6.03 Å². The number of hydrogen-bond donors (Lipinski definition) is 0. The number of carbonyl (C=O) groups is 1. The summed E-state index contributed by atoms with van der Waals surface area (Å²) in [6.45, 7) is 10.7. The van der Waals surface area contributed by atoms with E-state index in [1.54, 1.807) is 30.1 Å². The molecule has 0 unspecified atom stereocenters. The smallest absolute Gasteiger partial charge is 0.335 e. The van der Waals surface area contributed by atoms with Gasteiger partial charge in [0.05, 0.1) is 38.2 Å². The van der Waals surface area contributed by atoms with Crippen molar-refractivity contribution in [2.24, 2.45) is 0 Å². The fourth-order valence-corrected chi connectivity index (χ4v) is 6.71. The number of amides is 2. The fourth-order valence-electron chi connectivity index (χ4n) is 6.71. The molecule has 0 radical (unpaired) electrons. The van der Waals surface area contributed by atoms with Gasteiger partial charge < -0.3 is 19.1 Å². The Morgan fingerprint density at radius 2 is 1.68 bits per heavy atom. The monoisotopic (exact) mass is 635 g/mol. The van der Waals surface area contributed by atoms with Crippen LogP contribution in [0.1, 0.15) is 66.2 Å². The van der Waals surface area contributed by atoms with Crippen molar-refractivity contribution >= 4 is 23.2 Å². The molecule has 2 amide bonds. The van der Waals surface area contributed by atoms with Crippen molar-refractivity contribution in [2.45, 2.75) is 65.5 Å². The Balaban J connectivity index is 1.41. The molecule has 0 bridgehead atoms. The number of rotatable bonds is 9. The molecule has 2 aliphatic heterocycles. The Labute approximate surface area is 278 Å². The number of likely N-dealkylation sites (tertiary alicyclic amines) is 1. The minimum atomic E-state index is -0.214. The number of nitrogens with zero attached hydrogens (tertiary/aromatic N) is 5. The highest BCUT2D eigenvalue weighted by molar-refractivity contribution is 6.11. The van der Waals surface area contributed by atoms with E-state index in [9.17, 15) is 4.79 Å². The zero-order chi connectivity index (χ0) is 33.2. The van der Waals surface area contributed by atoms with Gasteiger partial charge in [-0.1, -0.05) is 30.3 Å². The van der Waals surface area contributed by atoms with Crippen LogP contribution in [0.3, 0.4) is 0 Å². The van der Waals surface area contributed by atoms with Gasteiger partial charge in [0.2, 0.25) is 0 Å². The van der Waals surface area contributed by atoms with Crippen molar-refractivity contribution < 1.29 is 19.0 Å². The van der Waals surface area contributed by atoms with Crippen molar-refractivity contribution in [1.29, 1.82) is 0 Å². The van der Waals surface area contributed by atoms with E-state index in [0.717, 1.165) is 59.6 Å². The number of piperidine rings is 1. The Morgan fingerprint density at radius 1 is 0.936 bits per heavy atom. The molecule has 1 fully saturated rings. The maximum Gasteiger partial charge on any atom is 0.335 e. The van der Waals surface area contributed by atoms with Crippen LogP contribution < -0.4 is 24.0 Å². The summed E-state index contributed by atoms with van der Waals surface area (Å²) in [5.74, 6) is 3.67. The van der Waals surface area contributed by atoms with Gasteiger partial charge in [-0.05, 0) is 101 Å². The Morgan fingerprint density at radius 3 is 2.36 bits per heavy atom. The molecule has 9 heteroatoms. The number of para-hydroxylation sites is 1. The van der Waals surface area contributed by atoms with Gasteiger partial charge in [-0.15, -0.1) is 0 Å². The summed E-state index contributed by atoms with van der Waals surface area (Å²) in [7, 11) is 5.38. The lowest BCUT2D eigenvalue weighted by molar-refractivity contribution is 0.238. The molecule has 0 spiro atoms. The molecule has 4 aromatic rings. The van der Waals surface area contributed by atoms with Crippen LogP contribution in [0.5, 0.6) is 17.2 Å². The first-order valence-electron chi connectivity index (χ1n) is 16.4.